The van der Waals surface area contributed by atoms with Crippen molar-refractivity contribution in [2.45, 2.75) is 24.8 Å². The third-order valence-electron chi connectivity index (χ3n) is 4.77. The number of fused-ring (bicyclic) bond motifs is 1. The molecule has 4 aromatic rings. The van der Waals surface area contributed by atoms with Gasteiger partial charge in [0.15, 0.2) is 15.0 Å². The van der Waals surface area contributed by atoms with Crippen molar-refractivity contribution < 1.29 is 17.6 Å². The van der Waals surface area contributed by atoms with Crippen LogP contribution in [0.25, 0.3) is 10.2 Å². The first-order valence-corrected chi connectivity index (χ1v) is 12.5. The fourth-order valence-corrected chi connectivity index (χ4v) is 5.27. The number of benzene rings is 2. The lowest BCUT2D eigenvalue weighted by Crippen LogP contribution is -2.31. The second-order valence-electron chi connectivity index (χ2n) is 7.22. The molecule has 4 rings (SSSR count). The van der Waals surface area contributed by atoms with E-state index in [4.69, 9.17) is 16.0 Å². The van der Waals surface area contributed by atoms with Crippen LogP contribution >= 0.6 is 22.9 Å². The van der Waals surface area contributed by atoms with E-state index in [2.05, 4.69) is 4.98 Å². The molecule has 0 fully saturated rings. The molecule has 0 saturated heterocycles. The molecule has 0 radical (unpaired) electrons. The van der Waals surface area contributed by atoms with Crippen molar-refractivity contribution in [1.82, 2.24) is 4.98 Å². The molecule has 0 atom stereocenters. The van der Waals surface area contributed by atoms with E-state index in [0.29, 0.717) is 21.5 Å². The van der Waals surface area contributed by atoms with E-state index < -0.39 is 9.84 Å². The Hall–Kier alpha value is -2.68. The van der Waals surface area contributed by atoms with Gasteiger partial charge in [-0.3, -0.25) is 9.69 Å². The summed E-state index contributed by atoms with van der Waals surface area (Å²) in [5.74, 6) is 0.459. The number of halogens is 1. The molecule has 0 bridgehead atoms. The lowest BCUT2D eigenvalue weighted by Gasteiger charge is -2.19. The van der Waals surface area contributed by atoms with Crippen LogP contribution in [-0.2, 0) is 27.6 Å². The molecule has 0 aliphatic rings. The molecule has 6 nitrogen and oxygen atoms in total. The van der Waals surface area contributed by atoms with Gasteiger partial charge in [-0.2, -0.15) is 0 Å². The number of carbonyl (C=O) groups excluding carboxylic acids is 1. The van der Waals surface area contributed by atoms with Crippen LogP contribution in [0.2, 0.25) is 5.02 Å². The minimum Gasteiger partial charge on any atom is -0.467 e. The lowest BCUT2D eigenvalue weighted by molar-refractivity contribution is -0.118. The number of anilines is 1. The summed E-state index contributed by atoms with van der Waals surface area (Å²) in [6.45, 7) is 2.17. The second kappa shape index (κ2) is 8.45. The first kappa shape index (κ1) is 21.5. The number of furan rings is 1. The first-order valence-electron chi connectivity index (χ1n) is 9.39. The van der Waals surface area contributed by atoms with Crippen LogP contribution in [0.1, 0.15) is 16.9 Å². The average molecular weight is 475 g/mol. The number of sulfone groups is 1. The number of nitrogens with zero attached hydrogens (tertiary/aromatic N) is 2. The van der Waals surface area contributed by atoms with E-state index in [1.807, 2.05) is 19.1 Å². The molecule has 2 aromatic carbocycles. The zero-order valence-electron chi connectivity index (χ0n) is 16.8. The predicted molar refractivity (Wildman–Crippen MR) is 123 cm³/mol. The van der Waals surface area contributed by atoms with E-state index >= 15 is 0 Å². The normalized spacial score (nSPS) is 11.7. The highest BCUT2D eigenvalue weighted by atomic mass is 35.5. The summed E-state index contributed by atoms with van der Waals surface area (Å²) in [6, 6.07) is 13.6. The van der Waals surface area contributed by atoms with Crippen LogP contribution in [-0.4, -0.2) is 25.6 Å². The van der Waals surface area contributed by atoms with E-state index in [-0.39, 0.29) is 23.8 Å². The zero-order chi connectivity index (χ0) is 22.2. The maximum Gasteiger partial charge on any atom is 0.233 e. The van der Waals surface area contributed by atoms with Gasteiger partial charge >= 0.3 is 0 Å². The molecule has 2 heterocycles. The summed E-state index contributed by atoms with van der Waals surface area (Å²) < 4.78 is 29.7. The molecule has 2 aromatic heterocycles. The van der Waals surface area contributed by atoms with Gasteiger partial charge in [-0.1, -0.05) is 35.1 Å². The SMILES string of the molecule is Cc1cc(Cl)cc2sc(N(Cc3ccco3)C(=O)Cc3ccc(S(C)(=O)=O)cc3)nc12. The third-order valence-corrected chi connectivity index (χ3v) is 7.14. The van der Waals surface area contributed by atoms with Crippen molar-refractivity contribution in [1.29, 1.82) is 0 Å². The fraction of sp³-hybridized carbons (Fsp3) is 0.182. The number of aromatic nitrogens is 1. The van der Waals surface area contributed by atoms with Crippen LogP contribution in [0.5, 0.6) is 0 Å². The second-order valence-corrected chi connectivity index (χ2v) is 10.7. The van der Waals surface area contributed by atoms with Gasteiger partial charge in [0.2, 0.25) is 5.91 Å². The molecule has 9 heteroatoms. The molecule has 0 spiro atoms. The lowest BCUT2D eigenvalue weighted by atomic mass is 10.1. The van der Waals surface area contributed by atoms with Gasteiger partial charge in [-0.05, 0) is 54.4 Å². The van der Waals surface area contributed by atoms with Crippen molar-refractivity contribution in [3.8, 4) is 0 Å². The van der Waals surface area contributed by atoms with Crippen LogP contribution in [0, 0.1) is 6.92 Å². The zero-order valence-corrected chi connectivity index (χ0v) is 19.2. The number of aryl methyl sites for hydroxylation is 1. The largest absolute Gasteiger partial charge is 0.467 e. The van der Waals surface area contributed by atoms with E-state index in [1.165, 1.54) is 23.5 Å². The minimum atomic E-state index is -3.29. The van der Waals surface area contributed by atoms with Crippen LogP contribution < -0.4 is 4.90 Å². The Morgan fingerprint density at radius 3 is 2.58 bits per heavy atom. The van der Waals surface area contributed by atoms with Gasteiger partial charge in [0.1, 0.15) is 5.76 Å². The molecule has 0 unspecified atom stereocenters. The van der Waals surface area contributed by atoms with Crippen molar-refractivity contribution in [3.05, 3.63) is 76.7 Å². The fourth-order valence-electron chi connectivity index (χ4n) is 3.20. The summed E-state index contributed by atoms with van der Waals surface area (Å²) in [7, 11) is -3.29. The molecule has 0 aliphatic carbocycles. The van der Waals surface area contributed by atoms with Crippen LogP contribution in [0.3, 0.4) is 0 Å². The highest BCUT2D eigenvalue weighted by molar-refractivity contribution is 7.90. The van der Waals surface area contributed by atoms with Crippen LogP contribution in [0.4, 0.5) is 5.13 Å². The first-order chi connectivity index (χ1) is 14.7. The monoisotopic (exact) mass is 474 g/mol. The summed E-state index contributed by atoms with van der Waals surface area (Å²) in [6.07, 6.45) is 2.81. The number of thiazole rings is 1. The molecule has 1 amide bonds. The predicted octanol–water partition coefficient (Wildman–Crippen LogP) is 5.03. The summed E-state index contributed by atoms with van der Waals surface area (Å²) in [4.78, 5) is 19.7. The summed E-state index contributed by atoms with van der Waals surface area (Å²) in [5, 5.41) is 1.17. The Kier molecular flexibility index (Phi) is 5.88. The number of rotatable bonds is 6. The van der Waals surface area contributed by atoms with Gasteiger partial charge < -0.3 is 4.42 Å². The van der Waals surface area contributed by atoms with Crippen LogP contribution in [0.15, 0.2) is 64.1 Å². The molecule has 0 aliphatic heterocycles. The number of amides is 1. The average Bonchev–Trinajstić information content (AvgIpc) is 3.35. The Morgan fingerprint density at radius 2 is 1.94 bits per heavy atom. The summed E-state index contributed by atoms with van der Waals surface area (Å²) in [5.41, 5.74) is 2.45. The summed E-state index contributed by atoms with van der Waals surface area (Å²) >= 11 is 7.57. The van der Waals surface area contributed by atoms with Gasteiger partial charge in [-0.25, -0.2) is 13.4 Å². The Bertz CT molecular complexity index is 1340. The molecule has 31 heavy (non-hydrogen) atoms. The molecular formula is C22H19ClN2O4S2. The number of carbonyl (C=O) groups is 1. The Labute approximate surface area is 189 Å². The maximum absolute atomic E-state index is 13.3. The molecular weight excluding hydrogens is 456 g/mol. The van der Waals surface area contributed by atoms with E-state index in [1.54, 1.807) is 35.4 Å². The van der Waals surface area contributed by atoms with Gasteiger partial charge in [0, 0.05) is 11.3 Å². The van der Waals surface area contributed by atoms with E-state index in [0.717, 1.165) is 22.0 Å². The molecule has 0 N–H and O–H groups in total. The van der Waals surface area contributed by atoms with Crippen molar-refractivity contribution in [2.75, 3.05) is 11.2 Å². The highest BCUT2D eigenvalue weighted by Crippen LogP contribution is 2.34. The standard InChI is InChI=1S/C22H19ClN2O4S2/c1-14-10-16(23)12-19-21(14)24-22(30-19)25(13-17-4-3-9-29-17)20(26)11-15-5-7-18(8-6-15)31(2,27)28/h3-10,12H,11,13H2,1-2H3. The van der Waals surface area contributed by atoms with Gasteiger partial charge in [0.05, 0.1) is 34.3 Å². The quantitative estimate of drug-likeness (QED) is 0.391. The molecule has 160 valence electrons. The third kappa shape index (κ3) is 4.81. The number of hydrogen-bond acceptors (Lipinski definition) is 6. The maximum atomic E-state index is 13.3. The Balaban J connectivity index is 1.66. The Morgan fingerprint density at radius 1 is 1.19 bits per heavy atom. The van der Waals surface area contributed by atoms with Gasteiger partial charge in [0.25, 0.3) is 0 Å². The number of hydrogen-bond donors (Lipinski definition) is 0. The topological polar surface area (TPSA) is 80.5 Å². The van der Waals surface area contributed by atoms with Gasteiger partial charge in [-0.15, -0.1) is 0 Å². The van der Waals surface area contributed by atoms with Crippen molar-refractivity contribution in [3.63, 3.8) is 0 Å². The smallest absolute Gasteiger partial charge is 0.233 e. The minimum absolute atomic E-state index is 0.0976. The van der Waals surface area contributed by atoms with Crippen molar-refractivity contribution in [2.24, 2.45) is 0 Å². The van der Waals surface area contributed by atoms with Crippen molar-refractivity contribution >= 4 is 54.0 Å². The van der Waals surface area contributed by atoms with E-state index in [9.17, 15) is 13.2 Å². The molecule has 0 saturated carbocycles. The highest BCUT2D eigenvalue weighted by Gasteiger charge is 2.22.